The van der Waals surface area contributed by atoms with E-state index in [4.69, 9.17) is 4.74 Å². The summed E-state index contributed by atoms with van der Waals surface area (Å²) in [6, 6.07) is 0. The van der Waals surface area contributed by atoms with Gasteiger partial charge in [-0.2, -0.15) is 0 Å². The van der Waals surface area contributed by atoms with Gasteiger partial charge in [-0.15, -0.1) is 11.8 Å². The molecule has 2 unspecified atom stereocenters. The van der Waals surface area contributed by atoms with E-state index in [-0.39, 0.29) is 11.9 Å². The first-order chi connectivity index (χ1) is 6.72. The molecule has 0 aromatic heterocycles. The molecule has 4 heteroatoms. The lowest BCUT2D eigenvalue weighted by molar-refractivity contribution is -0.120. The van der Waals surface area contributed by atoms with E-state index in [0.717, 1.165) is 6.42 Å². The van der Waals surface area contributed by atoms with Crippen LogP contribution in [0.5, 0.6) is 0 Å². The summed E-state index contributed by atoms with van der Waals surface area (Å²) >= 11 is 1.25. The number of thioether (sulfide) groups is 1. The fourth-order valence-corrected chi connectivity index (χ4v) is 1.59. The van der Waals surface area contributed by atoms with Crippen molar-refractivity contribution < 1.29 is 14.6 Å². The Morgan fingerprint density at radius 3 is 3.14 bits per heavy atom. The van der Waals surface area contributed by atoms with Gasteiger partial charge in [-0.25, -0.2) is 0 Å². The molecule has 0 radical (unpaired) electrons. The van der Waals surface area contributed by atoms with Crippen molar-refractivity contribution >= 4 is 17.5 Å². The topological polar surface area (TPSA) is 46.5 Å². The monoisotopic (exact) mass is 216 g/mol. The maximum absolute atomic E-state index is 11.2. The summed E-state index contributed by atoms with van der Waals surface area (Å²) in [6.07, 6.45) is 8.19. The third-order valence-electron chi connectivity index (χ3n) is 2.14. The lowest BCUT2D eigenvalue weighted by Crippen LogP contribution is -2.19. The van der Waals surface area contributed by atoms with Crippen LogP contribution >= 0.6 is 11.8 Å². The molecule has 0 bridgehead atoms. The molecule has 0 aromatic carbocycles. The number of rotatable bonds is 3. The fourth-order valence-electron chi connectivity index (χ4n) is 1.34. The highest BCUT2D eigenvalue weighted by Crippen LogP contribution is 2.16. The number of allylic oxidation sites excluding steroid dienone is 1. The molecule has 14 heavy (non-hydrogen) atoms. The molecule has 0 heterocycles. The standard InChI is InChI=1S/C10H16O3S/c1-14-10(12)13-9-5-3-2-4-8(11)6-7-9/h3,5,9-10,12H,2,4,6-7H2,1H3. The van der Waals surface area contributed by atoms with Crippen LogP contribution in [0.2, 0.25) is 0 Å². The minimum atomic E-state index is -0.792. The zero-order valence-electron chi connectivity index (χ0n) is 8.31. The minimum absolute atomic E-state index is 0.123. The van der Waals surface area contributed by atoms with E-state index < -0.39 is 5.62 Å². The maximum Gasteiger partial charge on any atom is 0.204 e. The van der Waals surface area contributed by atoms with Crippen molar-refractivity contribution in [2.24, 2.45) is 0 Å². The van der Waals surface area contributed by atoms with Gasteiger partial charge in [-0.05, 0) is 19.1 Å². The van der Waals surface area contributed by atoms with Crippen molar-refractivity contribution in [1.29, 1.82) is 0 Å². The molecule has 0 amide bonds. The van der Waals surface area contributed by atoms with Crippen LogP contribution in [0.15, 0.2) is 12.2 Å². The van der Waals surface area contributed by atoms with Gasteiger partial charge in [-0.3, -0.25) is 4.79 Å². The molecule has 80 valence electrons. The number of Topliss-reactive ketones (excluding diaryl/α,β-unsaturated/α-hetero) is 1. The van der Waals surface area contributed by atoms with E-state index >= 15 is 0 Å². The average Bonchev–Trinajstić information content (AvgIpc) is 2.16. The molecule has 0 saturated carbocycles. The second-order valence-electron chi connectivity index (χ2n) is 3.26. The predicted octanol–water partition coefficient (Wildman–Crippen LogP) is 1.71. The largest absolute Gasteiger partial charge is 0.360 e. The van der Waals surface area contributed by atoms with Crippen molar-refractivity contribution in [3.05, 3.63) is 12.2 Å². The molecule has 2 atom stereocenters. The van der Waals surface area contributed by atoms with Crippen molar-refractivity contribution in [2.45, 2.75) is 37.4 Å². The Morgan fingerprint density at radius 1 is 1.64 bits per heavy atom. The van der Waals surface area contributed by atoms with Crippen molar-refractivity contribution in [3.63, 3.8) is 0 Å². The SMILES string of the molecule is CSC(O)OC1C=CCCC(=O)CC1. The zero-order valence-corrected chi connectivity index (χ0v) is 9.13. The highest BCUT2D eigenvalue weighted by molar-refractivity contribution is 7.98. The summed E-state index contributed by atoms with van der Waals surface area (Å²) in [7, 11) is 0. The van der Waals surface area contributed by atoms with Gasteiger partial charge < -0.3 is 9.84 Å². The van der Waals surface area contributed by atoms with Gasteiger partial charge in [0.05, 0.1) is 6.10 Å². The summed E-state index contributed by atoms with van der Waals surface area (Å²) in [5.74, 6) is 0.279. The molecule has 1 N–H and O–H groups in total. The first kappa shape index (κ1) is 11.8. The lowest BCUT2D eigenvalue weighted by Gasteiger charge is -2.18. The molecule has 1 aliphatic rings. The van der Waals surface area contributed by atoms with Crippen LogP contribution in [0.3, 0.4) is 0 Å². The third kappa shape index (κ3) is 4.26. The van der Waals surface area contributed by atoms with Gasteiger partial charge in [0, 0.05) is 12.8 Å². The summed E-state index contributed by atoms with van der Waals surface area (Å²) in [6.45, 7) is 0. The number of ether oxygens (including phenoxy) is 1. The van der Waals surface area contributed by atoms with E-state index in [0.29, 0.717) is 19.3 Å². The highest BCUT2D eigenvalue weighted by Gasteiger charge is 2.14. The van der Waals surface area contributed by atoms with Crippen molar-refractivity contribution in [3.8, 4) is 0 Å². The molecule has 0 aliphatic heterocycles. The molecular weight excluding hydrogens is 200 g/mol. The van der Waals surface area contributed by atoms with Crippen LogP contribution < -0.4 is 0 Å². The first-order valence-electron chi connectivity index (χ1n) is 4.77. The van der Waals surface area contributed by atoms with E-state index in [1.807, 2.05) is 12.2 Å². The molecule has 3 nitrogen and oxygen atoms in total. The van der Waals surface area contributed by atoms with Gasteiger partial charge in [-0.1, -0.05) is 12.2 Å². The van der Waals surface area contributed by atoms with Crippen LogP contribution in [-0.4, -0.2) is 28.9 Å². The zero-order chi connectivity index (χ0) is 10.4. The van der Waals surface area contributed by atoms with Crippen LogP contribution in [0.1, 0.15) is 25.7 Å². The number of ketones is 1. The van der Waals surface area contributed by atoms with E-state index in [1.54, 1.807) is 6.26 Å². The van der Waals surface area contributed by atoms with Crippen LogP contribution in [0, 0.1) is 0 Å². The number of hydrogen-bond acceptors (Lipinski definition) is 4. The molecular formula is C10H16O3S. The van der Waals surface area contributed by atoms with Crippen molar-refractivity contribution in [1.82, 2.24) is 0 Å². The normalized spacial score (nSPS) is 25.6. The van der Waals surface area contributed by atoms with Crippen LogP contribution in [0.25, 0.3) is 0 Å². The Labute approximate surface area is 88.5 Å². The third-order valence-corrected chi connectivity index (χ3v) is 2.66. The number of aliphatic hydroxyl groups excluding tert-OH is 1. The molecule has 1 aliphatic carbocycles. The second kappa shape index (κ2) is 6.22. The van der Waals surface area contributed by atoms with E-state index in [9.17, 15) is 9.90 Å². The summed E-state index contributed by atoms with van der Waals surface area (Å²) < 4.78 is 5.30. The average molecular weight is 216 g/mol. The Morgan fingerprint density at radius 2 is 2.43 bits per heavy atom. The smallest absolute Gasteiger partial charge is 0.204 e. The molecule has 1 rings (SSSR count). The van der Waals surface area contributed by atoms with E-state index in [2.05, 4.69) is 0 Å². The Kier molecular flexibility index (Phi) is 5.22. The molecule has 0 spiro atoms. The number of hydrogen-bond donors (Lipinski definition) is 1. The Balaban J connectivity index is 2.42. The number of carbonyl (C=O) groups excluding carboxylic acids is 1. The number of aliphatic hydroxyl groups is 1. The molecule has 0 aromatic rings. The van der Waals surface area contributed by atoms with Crippen LogP contribution in [0.4, 0.5) is 0 Å². The van der Waals surface area contributed by atoms with Gasteiger partial charge in [0.15, 0.2) is 0 Å². The van der Waals surface area contributed by atoms with Crippen molar-refractivity contribution in [2.75, 3.05) is 6.26 Å². The van der Waals surface area contributed by atoms with Gasteiger partial charge in [0.1, 0.15) is 5.78 Å². The highest BCUT2D eigenvalue weighted by atomic mass is 32.2. The Hall–Kier alpha value is -0.320. The molecule has 0 fully saturated rings. The first-order valence-corrected chi connectivity index (χ1v) is 6.06. The lowest BCUT2D eigenvalue weighted by atomic mass is 10.0. The predicted molar refractivity (Wildman–Crippen MR) is 57.0 cm³/mol. The Bertz CT molecular complexity index is 215. The van der Waals surface area contributed by atoms with Gasteiger partial charge in [0.2, 0.25) is 5.62 Å². The summed E-state index contributed by atoms with van der Waals surface area (Å²) in [5.41, 5.74) is -0.792. The summed E-state index contributed by atoms with van der Waals surface area (Å²) in [5, 5.41) is 9.26. The van der Waals surface area contributed by atoms with Gasteiger partial charge >= 0.3 is 0 Å². The van der Waals surface area contributed by atoms with Crippen LogP contribution in [-0.2, 0) is 9.53 Å². The maximum atomic E-state index is 11.2. The minimum Gasteiger partial charge on any atom is -0.360 e. The fraction of sp³-hybridized carbons (Fsp3) is 0.700. The number of carbonyl (C=O) groups is 1. The van der Waals surface area contributed by atoms with E-state index in [1.165, 1.54) is 11.8 Å². The quantitative estimate of drug-likeness (QED) is 0.576. The van der Waals surface area contributed by atoms with Gasteiger partial charge in [0.25, 0.3) is 0 Å². The second-order valence-corrected chi connectivity index (χ2v) is 4.14. The molecule has 0 saturated heterocycles. The summed E-state index contributed by atoms with van der Waals surface area (Å²) in [4.78, 5) is 11.2.